The van der Waals surface area contributed by atoms with Crippen LogP contribution in [0.3, 0.4) is 0 Å². The first-order valence-corrected chi connectivity index (χ1v) is 11.9. The fourth-order valence-corrected chi connectivity index (χ4v) is 4.48. The van der Waals surface area contributed by atoms with Gasteiger partial charge in [-0.25, -0.2) is 4.90 Å². The van der Waals surface area contributed by atoms with E-state index in [4.69, 9.17) is 16.3 Å². The van der Waals surface area contributed by atoms with Gasteiger partial charge in [0.15, 0.2) is 0 Å². The SMILES string of the molecule is CC(=O)Oc1ccc(N2C(=O)CC(N(C(=O)Cc3ccc(Cl)cc3)C(C)c3ccccc3)C2=O)cc1. The number of imide groups is 1. The molecule has 36 heavy (non-hydrogen) atoms. The molecule has 184 valence electrons. The summed E-state index contributed by atoms with van der Waals surface area (Å²) in [7, 11) is 0. The van der Waals surface area contributed by atoms with Crippen LogP contribution in [0.25, 0.3) is 0 Å². The maximum atomic E-state index is 13.6. The van der Waals surface area contributed by atoms with E-state index in [-0.39, 0.29) is 18.7 Å². The molecule has 7 nitrogen and oxygen atoms in total. The first-order valence-electron chi connectivity index (χ1n) is 11.5. The molecule has 1 aliphatic rings. The molecule has 0 saturated carbocycles. The zero-order valence-electron chi connectivity index (χ0n) is 19.9. The minimum atomic E-state index is -0.958. The van der Waals surface area contributed by atoms with Gasteiger partial charge in [0.05, 0.1) is 24.6 Å². The van der Waals surface area contributed by atoms with Gasteiger partial charge in [-0.05, 0) is 54.4 Å². The molecule has 1 saturated heterocycles. The van der Waals surface area contributed by atoms with Crippen molar-refractivity contribution in [2.75, 3.05) is 4.90 Å². The quantitative estimate of drug-likeness (QED) is 0.264. The first-order chi connectivity index (χ1) is 17.2. The number of benzene rings is 3. The summed E-state index contributed by atoms with van der Waals surface area (Å²) >= 11 is 5.98. The van der Waals surface area contributed by atoms with Crippen molar-refractivity contribution < 1.29 is 23.9 Å². The second-order valence-electron chi connectivity index (χ2n) is 8.57. The fraction of sp³-hybridized carbons (Fsp3) is 0.214. The summed E-state index contributed by atoms with van der Waals surface area (Å²) in [4.78, 5) is 54.0. The third-order valence-corrected chi connectivity index (χ3v) is 6.32. The normalized spacial score (nSPS) is 16.1. The second-order valence-corrected chi connectivity index (χ2v) is 9.00. The van der Waals surface area contributed by atoms with Gasteiger partial charge in [-0.15, -0.1) is 0 Å². The molecular weight excluding hydrogens is 480 g/mol. The summed E-state index contributed by atoms with van der Waals surface area (Å²) in [5.74, 6) is -1.32. The molecule has 0 radical (unpaired) electrons. The van der Waals surface area contributed by atoms with Crippen LogP contribution < -0.4 is 9.64 Å². The Morgan fingerprint density at radius 1 is 1.00 bits per heavy atom. The molecule has 0 aliphatic carbocycles. The number of hydrogen-bond donors (Lipinski definition) is 0. The highest BCUT2D eigenvalue weighted by Gasteiger charge is 2.45. The number of rotatable bonds is 7. The standard InChI is InChI=1S/C28H25ClN2O5/c1-18(21-6-4-3-5-7-21)30(26(33)16-20-8-10-22(29)11-9-20)25-17-27(34)31(28(25)35)23-12-14-24(15-13-23)36-19(2)32/h3-15,18,25H,16-17H2,1-2H3. The predicted octanol–water partition coefficient (Wildman–Crippen LogP) is 4.73. The molecule has 1 aliphatic heterocycles. The van der Waals surface area contributed by atoms with Crippen molar-refractivity contribution in [2.24, 2.45) is 0 Å². The van der Waals surface area contributed by atoms with Gasteiger partial charge in [0.1, 0.15) is 11.8 Å². The van der Waals surface area contributed by atoms with Crippen LogP contribution in [-0.4, -0.2) is 34.6 Å². The Kier molecular flexibility index (Phi) is 7.50. The monoisotopic (exact) mass is 504 g/mol. The number of carbonyl (C=O) groups is 4. The molecule has 3 aromatic carbocycles. The Morgan fingerprint density at radius 3 is 2.25 bits per heavy atom. The predicted molar refractivity (Wildman–Crippen MR) is 136 cm³/mol. The average molecular weight is 505 g/mol. The molecule has 0 spiro atoms. The van der Waals surface area contributed by atoms with Gasteiger partial charge >= 0.3 is 5.97 Å². The van der Waals surface area contributed by atoms with Gasteiger partial charge in [-0.3, -0.25) is 19.2 Å². The Bertz CT molecular complexity index is 1280. The lowest BCUT2D eigenvalue weighted by atomic mass is 10.0. The van der Waals surface area contributed by atoms with Crippen LogP contribution in [0.4, 0.5) is 5.69 Å². The number of carbonyl (C=O) groups excluding carboxylic acids is 4. The van der Waals surface area contributed by atoms with Crippen molar-refractivity contribution in [1.29, 1.82) is 0 Å². The van der Waals surface area contributed by atoms with Crippen molar-refractivity contribution in [3.05, 3.63) is 95.0 Å². The van der Waals surface area contributed by atoms with E-state index in [0.29, 0.717) is 16.5 Å². The highest BCUT2D eigenvalue weighted by atomic mass is 35.5. The van der Waals surface area contributed by atoms with E-state index in [0.717, 1.165) is 16.0 Å². The van der Waals surface area contributed by atoms with E-state index in [1.165, 1.54) is 36.1 Å². The molecule has 4 rings (SSSR count). The molecule has 0 aromatic heterocycles. The molecule has 2 atom stereocenters. The topological polar surface area (TPSA) is 84.0 Å². The number of halogens is 1. The van der Waals surface area contributed by atoms with Crippen molar-refractivity contribution in [3.8, 4) is 5.75 Å². The zero-order valence-corrected chi connectivity index (χ0v) is 20.6. The molecule has 8 heteroatoms. The first kappa shape index (κ1) is 25.1. The number of anilines is 1. The van der Waals surface area contributed by atoms with Gasteiger partial charge in [-0.1, -0.05) is 54.1 Å². The van der Waals surface area contributed by atoms with E-state index in [9.17, 15) is 19.2 Å². The lowest BCUT2D eigenvalue weighted by molar-refractivity contribution is -0.140. The summed E-state index contributed by atoms with van der Waals surface area (Å²) < 4.78 is 5.03. The van der Waals surface area contributed by atoms with Crippen LogP contribution in [0.15, 0.2) is 78.9 Å². The van der Waals surface area contributed by atoms with Gasteiger partial charge in [0.2, 0.25) is 11.8 Å². The fourth-order valence-electron chi connectivity index (χ4n) is 4.35. The van der Waals surface area contributed by atoms with Crippen molar-refractivity contribution in [1.82, 2.24) is 4.90 Å². The summed E-state index contributed by atoms with van der Waals surface area (Å²) in [6.45, 7) is 3.14. The lowest BCUT2D eigenvalue weighted by Gasteiger charge is -2.34. The molecule has 1 fully saturated rings. The minimum absolute atomic E-state index is 0.0589. The third kappa shape index (κ3) is 5.47. The van der Waals surface area contributed by atoms with Gasteiger partial charge in [-0.2, -0.15) is 0 Å². The number of amides is 3. The Morgan fingerprint density at radius 2 is 1.64 bits per heavy atom. The number of esters is 1. The molecule has 1 heterocycles. The van der Waals surface area contributed by atoms with Crippen molar-refractivity contribution in [3.63, 3.8) is 0 Å². The zero-order chi connectivity index (χ0) is 25.8. The molecule has 0 N–H and O–H groups in total. The maximum Gasteiger partial charge on any atom is 0.308 e. The van der Waals surface area contributed by atoms with Crippen LogP contribution in [-0.2, 0) is 25.6 Å². The van der Waals surface area contributed by atoms with E-state index in [2.05, 4.69) is 0 Å². The van der Waals surface area contributed by atoms with Gasteiger partial charge in [0.25, 0.3) is 5.91 Å². The molecular formula is C28H25ClN2O5. The van der Waals surface area contributed by atoms with Crippen LogP contribution in [0.2, 0.25) is 5.02 Å². The largest absolute Gasteiger partial charge is 0.427 e. The van der Waals surface area contributed by atoms with E-state index < -0.39 is 29.9 Å². The maximum absolute atomic E-state index is 13.6. The van der Waals surface area contributed by atoms with E-state index >= 15 is 0 Å². The lowest BCUT2D eigenvalue weighted by Crippen LogP contribution is -2.47. The molecule has 2 unspecified atom stereocenters. The van der Waals surface area contributed by atoms with E-state index in [1.807, 2.05) is 37.3 Å². The number of nitrogens with zero attached hydrogens (tertiary/aromatic N) is 2. The number of ether oxygens (including phenoxy) is 1. The second kappa shape index (κ2) is 10.7. The Balaban J connectivity index is 1.63. The summed E-state index contributed by atoms with van der Waals surface area (Å²) in [5, 5.41) is 0.563. The van der Waals surface area contributed by atoms with Crippen LogP contribution in [0.5, 0.6) is 5.75 Å². The van der Waals surface area contributed by atoms with Crippen LogP contribution in [0, 0.1) is 0 Å². The van der Waals surface area contributed by atoms with Gasteiger partial charge < -0.3 is 9.64 Å². The Hall–Kier alpha value is -3.97. The van der Waals surface area contributed by atoms with Gasteiger partial charge in [0, 0.05) is 11.9 Å². The average Bonchev–Trinajstić information content (AvgIpc) is 3.14. The molecule has 0 bridgehead atoms. The summed E-state index contributed by atoms with van der Waals surface area (Å²) in [6.07, 6.45) is -0.0720. The molecule has 3 aromatic rings. The minimum Gasteiger partial charge on any atom is -0.427 e. The van der Waals surface area contributed by atoms with Crippen molar-refractivity contribution in [2.45, 2.75) is 38.8 Å². The summed E-state index contributed by atoms with van der Waals surface area (Å²) in [5.41, 5.74) is 1.96. The van der Waals surface area contributed by atoms with E-state index in [1.54, 1.807) is 24.3 Å². The Labute approximate surface area is 214 Å². The summed E-state index contributed by atoms with van der Waals surface area (Å²) in [6, 6.07) is 21.0. The smallest absolute Gasteiger partial charge is 0.308 e. The van der Waals surface area contributed by atoms with Crippen LogP contribution >= 0.6 is 11.6 Å². The van der Waals surface area contributed by atoms with Crippen LogP contribution in [0.1, 0.15) is 37.4 Å². The highest BCUT2D eigenvalue weighted by Crippen LogP contribution is 2.32. The van der Waals surface area contributed by atoms with Crippen molar-refractivity contribution >= 4 is 41.0 Å². The third-order valence-electron chi connectivity index (χ3n) is 6.07. The highest BCUT2D eigenvalue weighted by molar-refractivity contribution is 6.30. The molecule has 3 amide bonds. The number of hydrogen-bond acceptors (Lipinski definition) is 5.